The van der Waals surface area contributed by atoms with Crippen LogP contribution >= 0.6 is 23.2 Å². The number of sulfonamides is 1. The van der Waals surface area contributed by atoms with Crippen molar-refractivity contribution in [3.8, 4) is 11.5 Å². The molecule has 0 aliphatic heterocycles. The zero-order valence-electron chi connectivity index (χ0n) is 27.2. The number of ether oxygens (including phenoxy) is 2. The highest BCUT2D eigenvalue weighted by Crippen LogP contribution is 2.36. The maximum atomic E-state index is 14.8. The summed E-state index contributed by atoms with van der Waals surface area (Å²) in [6.07, 6.45) is 0.803. The predicted molar refractivity (Wildman–Crippen MR) is 189 cm³/mol. The molecule has 0 aromatic heterocycles. The highest BCUT2D eigenvalue weighted by molar-refractivity contribution is 7.92. The van der Waals surface area contributed by atoms with Crippen LogP contribution in [-0.4, -0.2) is 58.0 Å². The lowest BCUT2D eigenvalue weighted by molar-refractivity contribution is -0.140. The van der Waals surface area contributed by atoms with Gasteiger partial charge in [-0.3, -0.25) is 13.9 Å². The molecule has 9 nitrogen and oxygen atoms in total. The minimum atomic E-state index is -4.36. The van der Waals surface area contributed by atoms with Crippen LogP contribution in [0.2, 0.25) is 10.0 Å². The summed E-state index contributed by atoms with van der Waals surface area (Å²) in [7, 11) is -1.51. The molecule has 0 saturated heterocycles. The fraction of sp³-hybridized carbons (Fsp3) is 0.278. The quantitative estimate of drug-likeness (QED) is 0.146. The number of halogens is 2. The van der Waals surface area contributed by atoms with Gasteiger partial charge in [0, 0.05) is 40.7 Å². The molecule has 0 aliphatic carbocycles. The number of rotatable bonds is 15. The van der Waals surface area contributed by atoms with Gasteiger partial charge in [0.2, 0.25) is 11.8 Å². The van der Waals surface area contributed by atoms with E-state index in [0.29, 0.717) is 27.8 Å². The molecule has 0 saturated carbocycles. The van der Waals surface area contributed by atoms with Crippen molar-refractivity contribution in [3.63, 3.8) is 0 Å². The van der Waals surface area contributed by atoms with E-state index in [1.807, 2.05) is 44.2 Å². The number of amides is 2. The van der Waals surface area contributed by atoms with Crippen LogP contribution in [-0.2, 0) is 32.6 Å². The first kappa shape index (κ1) is 36.6. The van der Waals surface area contributed by atoms with Gasteiger partial charge < -0.3 is 19.7 Å². The number of nitrogens with one attached hydrogen (secondary N) is 1. The summed E-state index contributed by atoms with van der Waals surface area (Å²) in [4.78, 5) is 30.1. The van der Waals surface area contributed by atoms with E-state index in [1.165, 1.54) is 37.3 Å². The second kappa shape index (κ2) is 16.7. The van der Waals surface area contributed by atoms with Gasteiger partial charge in [-0.2, -0.15) is 0 Å². The van der Waals surface area contributed by atoms with Gasteiger partial charge in [-0.15, -0.1) is 0 Å². The molecule has 4 aromatic carbocycles. The lowest BCUT2D eigenvalue weighted by Gasteiger charge is -2.35. The van der Waals surface area contributed by atoms with Crippen LogP contribution < -0.4 is 19.1 Å². The molecular weight excluding hydrogens is 673 g/mol. The fourth-order valence-corrected chi connectivity index (χ4v) is 7.03. The van der Waals surface area contributed by atoms with Gasteiger partial charge in [-0.1, -0.05) is 84.7 Å². The van der Waals surface area contributed by atoms with Crippen LogP contribution in [0.5, 0.6) is 11.5 Å². The third-order valence-electron chi connectivity index (χ3n) is 7.93. The van der Waals surface area contributed by atoms with Gasteiger partial charge >= 0.3 is 0 Å². The number of carbonyl (C=O) groups is 2. The molecule has 12 heteroatoms. The molecule has 4 aromatic rings. The largest absolute Gasteiger partial charge is 0.497 e. The van der Waals surface area contributed by atoms with Crippen molar-refractivity contribution in [2.24, 2.45) is 0 Å². The standard InChI is InChI=1S/C36H39Cl2N3O6S/c1-5-25(2)39-36(43)33(21-26-13-8-6-9-14-26)40(23-29-30(37)17-12-18-31(29)38)35(42)24-41(48(44,45)28-15-10-7-11-16-28)32-22-27(46-3)19-20-34(32)47-4/h6-20,22,25,33H,5,21,23-24H2,1-4H3,(H,39,43)/t25-,33+/m0/s1. The number of hydrogen-bond acceptors (Lipinski definition) is 6. The van der Waals surface area contributed by atoms with Crippen molar-refractivity contribution in [2.45, 2.75) is 50.2 Å². The summed E-state index contributed by atoms with van der Waals surface area (Å²) in [5.74, 6) is -0.531. The molecule has 0 heterocycles. The molecule has 0 spiro atoms. The SMILES string of the molecule is CC[C@H](C)NC(=O)[C@@H](Cc1ccccc1)N(Cc1c(Cl)cccc1Cl)C(=O)CN(c1cc(OC)ccc1OC)S(=O)(=O)c1ccccc1. The van der Waals surface area contributed by atoms with E-state index in [-0.39, 0.29) is 35.3 Å². The molecule has 2 atom stereocenters. The number of hydrogen-bond donors (Lipinski definition) is 1. The molecule has 0 unspecified atom stereocenters. The topological polar surface area (TPSA) is 105 Å². The zero-order chi connectivity index (χ0) is 34.8. The van der Waals surface area contributed by atoms with E-state index >= 15 is 0 Å². The Bertz CT molecular complexity index is 1790. The Morgan fingerprint density at radius 3 is 2.06 bits per heavy atom. The molecular formula is C36H39Cl2N3O6S. The summed E-state index contributed by atoms with van der Waals surface area (Å²) in [5, 5.41) is 3.60. The first-order valence-corrected chi connectivity index (χ1v) is 17.6. The number of carbonyl (C=O) groups excluding carboxylic acids is 2. The van der Waals surface area contributed by atoms with Crippen LogP contribution in [0.15, 0.2) is 102 Å². The lowest BCUT2D eigenvalue weighted by Crippen LogP contribution is -2.54. The predicted octanol–water partition coefficient (Wildman–Crippen LogP) is 6.76. The van der Waals surface area contributed by atoms with Gasteiger partial charge in [-0.05, 0) is 55.3 Å². The second-order valence-corrected chi connectivity index (χ2v) is 13.8. The molecule has 0 bridgehead atoms. The zero-order valence-corrected chi connectivity index (χ0v) is 29.6. The third kappa shape index (κ3) is 8.80. The van der Waals surface area contributed by atoms with E-state index < -0.39 is 34.4 Å². The van der Waals surface area contributed by atoms with Crippen molar-refractivity contribution >= 4 is 50.7 Å². The fourth-order valence-electron chi connectivity index (χ4n) is 5.07. The lowest BCUT2D eigenvalue weighted by atomic mass is 10.0. The van der Waals surface area contributed by atoms with Gasteiger partial charge in [0.1, 0.15) is 24.1 Å². The highest BCUT2D eigenvalue weighted by atomic mass is 35.5. The Kier molecular flexibility index (Phi) is 12.7. The summed E-state index contributed by atoms with van der Waals surface area (Å²) >= 11 is 13.2. The second-order valence-electron chi connectivity index (χ2n) is 11.1. The number of benzene rings is 4. The van der Waals surface area contributed by atoms with Crippen molar-refractivity contribution in [2.75, 3.05) is 25.1 Å². The minimum absolute atomic E-state index is 0.0429. The monoisotopic (exact) mass is 711 g/mol. The van der Waals surface area contributed by atoms with Crippen LogP contribution in [0.3, 0.4) is 0 Å². The molecule has 254 valence electrons. The van der Waals surface area contributed by atoms with E-state index in [1.54, 1.807) is 48.5 Å². The number of methoxy groups -OCH3 is 2. The minimum Gasteiger partial charge on any atom is -0.497 e. The smallest absolute Gasteiger partial charge is 0.264 e. The number of nitrogens with zero attached hydrogens (tertiary/aromatic N) is 2. The Morgan fingerprint density at radius 1 is 0.854 bits per heavy atom. The Labute approximate surface area is 292 Å². The maximum Gasteiger partial charge on any atom is 0.264 e. The van der Waals surface area contributed by atoms with Gasteiger partial charge in [0.25, 0.3) is 10.0 Å². The summed E-state index contributed by atoms with van der Waals surface area (Å²) in [6, 6.07) is 25.4. The van der Waals surface area contributed by atoms with Gasteiger partial charge in [-0.25, -0.2) is 8.42 Å². The average molecular weight is 713 g/mol. The van der Waals surface area contributed by atoms with Crippen molar-refractivity contribution in [1.82, 2.24) is 10.2 Å². The molecule has 4 rings (SSSR count). The van der Waals surface area contributed by atoms with E-state index in [2.05, 4.69) is 5.32 Å². The average Bonchev–Trinajstić information content (AvgIpc) is 3.10. The molecule has 48 heavy (non-hydrogen) atoms. The van der Waals surface area contributed by atoms with Crippen molar-refractivity contribution in [3.05, 3.63) is 118 Å². The van der Waals surface area contributed by atoms with Crippen LogP contribution in [0.1, 0.15) is 31.4 Å². The van der Waals surface area contributed by atoms with Crippen LogP contribution in [0.4, 0.5) is 5.69 Å². The first-order valence-electron chi connectivity index (χ1n) is 15.4. The van der Waals surface area contributed by atoms with Crippen molar-refractivity contribution < 1.29 is 27.5 Å². The highest BCUT2D eigenvalue weighted by Gasteiger charge is 2.36. The Hall–Kier alpha value is -4.25. The first-order chi connectivity index (χ1) is 23.0. The summed E-state index contributed by atoms with van der Waals surface area (Å²) in [5.41, 5.74) is 1.29. The van der Waals surface area contributed by atoms with Crippen LogP contribution in [0.25, 0.3) is 0 Å². The van der Waals surface area contributed by atoms with Gasteiger partial charge in [0.15, 0.2) is 0 Å². The summed E-state index contributed by atoms with van der Waals surface area (Å²) < 4.78 is 40.6. The maximum absolute atomic E-state index is 14.8. The molecule has 1 N–H and O–H groups in total. The molecule has 0 aliphatic rings. The van der Waals surface area contributed by atoms with E-state index in [0.717, 1.165) is 9.87 Å². The van der Waals surface area contributed by atoms with Crippen molar-refractivity contribution in [1.29, 1.82) is 0 Å². The molecule has 0 radical (unpaired) electrons. The third-order valence-corrected chi connectivity index (χ3v) is 10.4. The Morgan fingerprint density at radius 2 is 1.48 bits per heavy atom. The summed E-state index contributed by atoms with van der Waals surface area (Å²) in [6.45, 7) is 2.96. The molecule has 2 amide bonds. The Balaban J connectivity index is 1.90. The van der Waals surface area contributed by atoms with Crippen LogP contribution in [0, 0.1) is 0 Å². The number of anilines is 1. The van der Waals surface area contributed by atoms with Gasteiger partial charge in [0.05, 0.1) is 24.8 Å². The van der Waals surface area contributed by atoms with E-state index in [9.17, 15) is 18.0 Å². The molecule has 0 fully saturated rings. The van der Waals surface area contributed by atoms with E-state index in [4.69, 9.17) is 32.7 Å². The normalized spacial score (nSPS) is 12.5.